The van der Waals surface area contributed by atoms with Crippen molar-refractivity contribution in [1.29, 1.82) is 0 Å². The maximum atomic E-state index is 5.53. The van der Waals surface area contributed by atoms with Gasteiger partial charge in [-0.05, 0) is 55.8 Å². The van der Waals surface area contributed by atoms with E-state index in [2.05, 4.69) is 24.4 Å². The number of hydrogen-bond donors (Lipinski definition) is 1. The highest BCUT2D eigenvalue weighted by Gasteiger charge is 2.19. The molecule has 0 saturated heterocycles. The molecule has 0 spiro atoms. The molecule has 1 aromatic heterocycles. The molecule has 1 N–H and O–H groups in total. The second-order valence-corrected chi connectivity index (χ2v) is 6.11. The second kappa shape index (κ2) is 7.10. The Morgan fingerprint density at radius 3 is 2.91 bits per heavy atom. The van der Waals surface area contributed by atoms with Gasteiger partial charge in [0.25, 0.3) is 0 Å². The fourth-order valence-electron chi connectivity index (χ4n) is 3.40. The van der Waals surface area contributed by atoms with Gasteiger partial charge < -0.3 is 10.1 Å². The van der Waals surface area contributed by atoms with Gasteiger partial charge in [0.1, 0.15) is 11.3 Å². The van der Waals surface area contributed by atoms with Crippen LogP contribution in [0.3, 0.4) is 0 Å². The first-order valence-electron chi connectivity index (χ1n) is 8.53. The molecule has 0 aliphatic heterocycles. The van der Waals surface area contributed by atoms with Crippen LogP contribution in [-0.4, -0.2) is 18.6 Å². The van der Waals surface area contributed by atoms with Gasteiger partial charge >= 0.3 is 0 Å². The summed E-state index contributed by atoms with van der Waals surface area (Å²) in [7, 11) is 1.73. The molecule has 1 heterocycles. The average Bonchev–Trinajstić information content (AvgIpc) is 2.57. The number of rotatable bonds is 6. The van der Waals surface area contributed by atoms with Gasteiger partial charge in [0.15, 0.2) is 0 Å². The van der Waals surface area contributed by atoms with E-state index in [1.54, 1.807) is 7.11 Å². The first-order valence-corrected chi connectivity index (χ1v) is 8.53. The van der Waals surface area contributed by atoms with E-state index in [0.29, 0.717) is 0 Å². The van der Waals surface area contributed by atoms with E-state index in [4.69, 9.17) is 9.72 Å². The molecule has 0 bridgehead atoms. The van der Waals surface area contributed by atoms with Gasteiger partial charge in [-0.15, -0.1) is 0 Å². The normalized spacial score (nSPS) is 14.1. The van der Waals surface area contributed by atoms with Crippen LogP contribution in [-0.2, 0) is 19.4 Å². The van der Waals surface area contributed by atoms with E-state index >= 15 is 0 Å². The minimum absolute atomic E-state index is 0.890. The molecule has 1 aliphatic carbocycles. The number of unbranched alkanes of at least 4 members (excludes halogenated alkanes) is 1. The third-order valence-corrected chi connectivity index (χ3v) is 4.60. The summed E-state index contributed by atoms with van der Waals surface area (Å²) in [6.45, 7) is 4.25. The predicted molar refractivity (Wildman–Crippen MR) is 91.6 cm³/mol. The van der Waals surface area contributed by atoms with Crippen molar-refractivity contribution >= 4 is 10.9 Å². The molecule has 3 nitrogen and oxygen atoms in total. The molecule has 1 aliphatic rings. The number of fused-ring (bicyclic) bond motifs is 2. The Morgan fingerprint density at radius 1 is 1.23 bits per heavy atom. The summed E-state index contributed by atoms with van der Waals surface area (Å²) in [5, 5.41) is 4.87. The van der Waals surface area contributed by atoms with Crippen LogP contribution in [0.5, 0.6) is 5.75 Å². The van der Waals surface area contributed by atoms with Gasteiger partial charge in [-0.2, -0.15) is 0 Å². The zero-order valence-corrected chi connectivity index (χ0v) is 13.7. The van der Waals surface area contributed by atoms with Gasteiger partial charge in [0.2, 0.25) is 0 Å². The number of nitrogens with zero attached hydrogens (tertiary/aromatic N) is 1. The smallest absolute Gasteiger partial charge is 0.145 e. The molecule has 0 amide bonds. The lowest BCUT2D eigenvalue weighted by Gasteiger charge is -2.22. The van der Waals surface area contributed by atoms with Crippen LogP contribution >= 0.6 is 0 Å². The van der Waals surface area contributed by atoms with Crippen molar-refractivity contribution < 1.29 is 4.74 Å². The summed E-state index contributed by atoms with van der Waals surface area (Å²) in [5.74, 6) is 0.890. The molecule has 118 valence electrons. The van der Waals surface area contributed by atoms with Crippen LogP contribution in [0, 0.1) is 0 Å². The predicted octanol–water partition coefficient (Wildman–Crippen LogP) is 4.01. The summed E-state index contributed by atoms with van der Waals surface area (Å²) in [4.78, 5) is 4.94. The fraction of sp³-hybridized carbons (Fsp3) is 0.526. The standard InChI is InChI=1S/C19H26N2O/c1-3-4-12-20-13-16-14-8-5-6-10-17(14)21-19-15(16)9-7-11-18(19)22-2/h7,9,11,20H,3-6,8,10,12-13H2,1-2H3. The highest BCUT2D eigenvalue weighted by Crippen LogP contribution is 2.33. The molecule has 3 heteroatoms. The summed E-state index contributed by atoms with van der Waals surface area (Å²) in [6.07, 6.45) is 7.27. The molecule has 1 aromatic carbocycles. The number of para-hydroxylation sites is 1. The van der Waals surface area contributed by atoms with Gasteiger partial charge in [-0.3, -0.25) is 0 Å². The quantitative estimate of drug-likeness (QED) is 0.818. The van der Waals surface area contributed by atoms with E-state index in [0.717, 1.165) is 30.8 Å². The van der Waals surface area contributed by atoms with Crippen molar-refractivity contribution in [3.05, 3.63) is 35.0 Å². The molecule has 0 fully saturated rings. The number of ether oxygens (including phenoxy) is 1. The minimum Gasteiger partial charge on any atom is -0.494 e. The van der Waals surface area contributed by atoms with Crippen LogP contribution in [0.15, 0.2) is 18.2 Å². The van der Waals surface area contributed by atoms with Crippen LogP contribution in [0.4, 0.5) is 0 Å². The molecule has 0 radical (unpaired) electrons. The lowest BCUT2D eigenvalue weighted by Crippen LogP contribution is -2.18. The number of aromatic nitrogens is 1. The Morgan fingerprint density at radius 2 is 2.09 bits per heavy atom. The maximum absolute atomic E-state index is 5.53. The number of methoxy groups -OCH3 is 1. The van der Waals surface area contributed by atoms with Gasteiger partial charge in [0.05, 0.1) is 7.11 Å². The SMILES string of the molecule is CCCCNCc1c2c(nc3c(OC)cccc13)CCCC2. The number of hydrogen-bond acceptors (Lipinski definition) is 3. The van der Waals surface area contributed by atoms with Gasteiger partial charge in [0, 0.05) is 17.6 Å². The number of pyridine rings is 1. The van der Waals surface area contributed by atoms with Gasteiger partial charge in [-0.25, -0.2) is 4.98 Å². The monoisotopic (exact) mass is 298 g/mol. The van der Waals surface area contributed by atoms with Crippen LogP contribution in [0.1, 0.15) is 49.4 Å². The van der Waals surface area contributed by atoms with Crippen molar-refractivity contribution in [2.45, 2.75) is 52.0 Å². The summed E-state index contributed by atoms with van der Waals surface area (Å²) in [6, 6.07) is 6.28. The fourth-order valence-corrected chi connectivity index (χ4v) is 3.40. The molecule has 0 atom stereocenters. The summed E-state index contributed by atoms with van der Waals surface area (Å²) < 4.78 is 5.53. The number of nitrogens with one attached hydrogen (secondary N) is 1. The highest BCUT2D eigenvalue weighted by molar-refractivity contribution is 5.88. The first kappa shape index (κ1) is 15.3. The summed E-state index contributed by atoms with van der Waals surface area (Å²) in [5.41, 5.74) is 5.24. The molecule has 3 rings (SSSR count). The summed E-state index contributed by atoms with van der Waals surface area (Å²) >= 11 is 0. The van der Waals surface area contributed by atoms with Gasteiger partial charge in [-0.1, -0.05) is 25.5 Å². The second-order valence-electron chi connectivity index (χ2n) is 6.11. The Balaban J connectivity index is 2.05. The molecular formula is C19H26N2O. The first-order chi connectivity index (χ1) is 10.8. The zero-order chi connectivity index (χ0) is 15.4. The van der Waals surface area contributed by atoms with Crippen molar-refractivity contribution in [3.63, 3.8) is 0 Å². The largest absolute Gasteiger partial charge is 0.494 e. The van der Waals surface area contributed by atoms with Crippen molar-refractivity contribution in [3.8, 4) is 5.75 Å². The molecule has 0 unspecified atom stereocenters. The highest BCUT2D eigenvalue weighted by atomic mass is 16.5. The zero-order valence-electron chi connectivity index (χ0n) is 13.7. The van der Waals surface area contributed by atoms with Crippen molar-refractivity contribution in [1.82, 2.24) is 10.3 Å². The Hall–Kier alpha value is -1.61. The minimum atomic E-state index is 0.890. The van der Waals surface area contributed by atoms with Crippen LogP contribution in [0.25, 0.3) is 10.9 Å². The Labute approximate surface area is 133 Å². The molecule has 22 heavy (non-hydrogen) atoms. The van der Waals surface area contributed by atoms with E-state index in [9.17, 15) is 0 Å². The third kappa shape index (κ3) is 2.95. The lowest BCUT2D eigenvalue weighted by atomic mass is 9.89. The van der Waals surface area contributed by atoms with E-state index in [-0.39, 0.29) is 0 Å². The van der Waals surface area contributed by atoms with Crippen molar-refractivity contribution in [2.24, 2.45) is 0 Å². The lowest BCUT2D eigenvalue weighted by molar-refractivity contribution is 0.418. The molecule has 0 saturated carbocycles. The van der Waals surface area contributed by atoms with Crippen LogP contribution in [0.2, 0.25) is 0 Å². The van der Waals surface area contributed by atoms with Crippen molar-refractivity contribution in [2.75, 3.05) is 13.7 Å². The van der Waals surface area contributed by atoms with E-state index in [1.807, 2.05) is 6.07 Å². The molecular weight excluding hydrogens is 272 g/mol. The third-order valence-electron chi connectivity index (χ3n) is 4.60. The Bertz CT molecular complexity index is 651. The molecule has 2 aromatic rings. The average molecular weight is 298 g/mol. The maximum Gasteiger partial charge on any atom is 0.145 e. The van der Waals surface area contributed by atoms with E-state index < -0.39 is 0 Å². The van der Waals surface area contributed by atoms with Crippen LogP contribution < -0.4 is 10.1 Å². The number of benzene rings is 1. The Kier molecular flexibility index (Phi) is 4.94. The number of aryl methyl sites for hydroxylation is 1. The van der Waals surface area contributed by atoms with E-state index in [1.165, 1.54) is 54.3 Å². The topological polar surface area (TPSA) is 34.2 Å².